The molecule has 0 aromatic heterocycles. The molecule has 0 saturated carbocycles. The lowest BCUT2D eigenvalue weighted by molar-refractivity contribution is -0.141. The number of hydrogen-bond donors (Lipinski definition) is 2. The van der Waals surface area contributed by atoms with Gasteiger partial charge in [-0.25, -0.2) is 0 Å². The standard InChI is InChI=1S/C19H28N2O3/c1-13(2)19(24)21-11-7-10-16(21)18(23)20-14(3)12-17(22)15-8-5-4-6-9-15/h4-6,8-9,13-14,16-17,22H,7,10-12H2,1-3H3,(H,20,23). The number of likely N-dealkylation sites (tertiary alicyclic amines) is 1. The van der Waals surface area contributed by atoms with Gasteiger partial charge < -0.3 is 15.3 Å². The zero-order valence-electron chi connectivity index (χ0n) is 14.7. The van der Waals surface area contributed by atoms with Crippen molar-refractivity contribution in [3.8, 4) is 0 Å². The van der Waals surface area contributed by atoms with Crippen LogP contribution in [-0.4, -0.2) is 40.4 Å². The fourth-order valence-corrected chi connectivity index (χ4v) is 3.18. The Labute approximate surface area is 144 Å². The molecule has 2 N–H and O–H groups in total. The third kappa shape index (κ3) is 4.57. The molecule has 3 unspecified atom stereocenters. The van der Waals surface area contributed by atoms with Crippen molar-refractivity contribution in [1.82, 2.24) is 10.2 Å². The normalized spacial score (nSPS) is 20.0. The second kappa shape index (κ2) is 8.29. The lowest BCUT2D eigenvalue weighted by Gasteiger charge is -2.27. The fourth-order valence-electron chi connectivity index (χ4n) is 3.18. The summed E-state index contributed by atoms with van der Waals surface area (Å²) in [4.78, 5) is 26.4. The van der Waals surface area contributed by atoms with E-state index in [9.17, 15) is 14.7 Å². The number of rotatable bonds is 6. The van der Waals surface area contributed by atoms with Gasteiger partial charge in [0.2, 0.25) is 11.8 Å². The maximum atomic E-state index is 12.5. The molecule has 0 bridgehead atoms. The molecule has 2 amide bonds. The second-order valence-corrected chi connectivity index (χ2v) is 6.92. The molecule has 5 nitrogen and oxygen atoms in total. The first-order valence-electron chi connectivity index (χ1n) is 8.74. The zero-order chi connectivity index (χ0) is 17.7. The molecule has 1 aliphatic heterocycles. The number of hydrogen-bond acceptors (Lipinski definition) is 3. The van der Waals surface area contributed by atoms with Crippen LogP contribution < -0.4 is 5.32 Å². The minimum absolute atomic E-state index is 0.0321. The van der Waals surface area contributed by atoms with E-state index in [1.807, 2.05) is 51.1 Å². The molecular formula is C19H28N2O3. The van der Waals surface area contributed by atoms with Crippen molar-refractivity contribution < 1.29 is 14.7 Å². The highest BCUT2D eigenvalue weighted by Crippen LogP contribution is 2.21. The fraction of sp³-hybridized carbons (Fsp3) is 0.579. The van der Waals surface area contributed by atoms with Gasteiger partial charge in [-0.1, -0.05) is 44.2 Å². The Bertz CT molecular complexity index is 559. The number of carbonyl (C=O) groups excluding carboxylic acids is 2. The van der Waals surface area contributed by atoms with E-state index in [0.29, 0.717) is 19.4 Å². The van der Waals surface area contributed by atoms with Crippen LogP contribution in [0.5, 0.6) is 0 Å². The second-order valence-electron chi connectivity index (χ2n) is 6.92. The highest BCUT2D eigenvalue weighted by Gasteiger charge is 2.35. The molecule has 1 heterocycles. The van der Waals surface area contributed by atoms with Crippen LogP contribution >= 0.6 is 0 Å². The van der Waals surface area contributed by atoms with Crippen molar-refractivity contribution >= 4 is 11.8 Å². The van der Waals surface area contributed by atoms with Crippen LogP contribution in [0, 0.1) is 5.92 Å². The summed E-state index contributed by atoms with van der Waals surface area (Å²) in [5.74, 6) is -0.186. The van der Waals surface area contributed by atoms with E-state index in [1.54, 1.807) is 4.90 Å². The topological polar surface area (TPSA) is 69.6 Å². The predicted molar refractivity (Wildman–Crippen MR) is 93.2 cm³/mol. The monoisotopic (exact) mass is 332 g/mol. The predicted octanol–water partition coefficient (Wildman–Crippen LogP) is 2.26. The molecule has 0 aliphatic carbocycles. The van der Waals surface area contributed by atoms with Crippen molar-refractivity contribution in [2.24, 2.45) is 5.92 Å². The van der Waals surface area contributed by atoms with Gasteiger partial charge in [0.05, 0.1) is 6.10 Å². The summed E-state index contributed by atoms with van der Waals surface area (Å²) in [6.45, 7) is 6.24. The van der Waals surface area contributed by atoms with Gasteiger partial charge in [-0.2, -0.15) is 0 Å². The number of carbonyl (C=O) groups is 2. The highest BCUT2D eigenvalue weighted by molar-refractivity contribution is 5.89. The number of benzene rings is 1. The molecule has 5 heteroatoms. The number of aliphatic hydroxyl groups excluding tert-OH is 1. The Hall–Kier alpha value is -1.88. The first-order valence-corrected chi connectivity index (χ1v) is 8.74. The molecule has 3 atom stereocenters. The molecule has 0 radical (unpaired) electrons. The summed E-state index contributed by atoms with van der Waals surface area (Å²) in [6.07, 6.45) is 1.40. The van der Waals surface area contributed by atoms with E-state index in [2.05, 4.69) is 5.32 Å². The molecule has 1 aliphatic rings. The van der Waals surface area contributed by atoms with Crippen LogP contribution in [0.15, 0.2) is 30.3 Å². The SMILES string of the molecule is CC(CC(O)c1ccccc1)NC(=O)C1CCCN1C(=O)C(C)C. The molecule has 1 aromatic rings. The summed E-state index contributed by atoms with van der Waals surface area (Å²) in [5.41, 5.74) is 0.844. The van der Waals surface area contributed by atoms with Crippen molar-refractivity contribution in [2.75, 3.05) is 6.54 Å². The van der Waals surface area contributed by atoms with Gasteiger partial charge in [-0.3, -0.25) is 9.59 Å². The molecule has 0 spiro atoms. The maximum Gasteiger partial charge on any atom is 0.243 e. The van der Waals surface area contributed by atoms with Gasteiger partial charge in [0.15, 0.2) is 0 Å². The summed E-state index contributed by atoms with van der Waals surface area (Å²) in [5, 5.41) is 13.2. The first kappa shape index (κ1) is 18.5. The largest absolute Gasteiger partial charge is 0.388 e. The van der Waals surface area contributed by atoms with Crippen LogP contribution in [0.25, 0.3) is 0 Å². The van der Waals surface area contributed by atoms with Crippen LogP contribution in [0.1, 0.15) is 51.7 Å². The molecule has 132 valence electrons. The van der Waals surface area contributed by atoms with Crippen LogP contribution in [0.4, 0.5) is 0 Å². The van der Waals surface area contributed by atoms with Crippen LogP contribution in [-0.2, 0) is 9.59 Å². The minimum Gasteiger partial charge on any atom is -0.388 e. The third-order valence-electron chi connectivity index (χ3n) is 4.48. The first-order chi connectivity index (χ1) is 11.4. The van der Waals surface area contributed by atoms with Gasteiger partial charge in [0, 0.05) is 18.5 Å². The van der Waals surface area contributed by atoms with Crippen LogP contribution in [0.3, 0.4) is 0 Å². The van der Waals surface area contributed by atoms with E-state index in [0.717, 1.165) is 12.0 Å². The van der Waals surface area contributed by atoms with E-state index in [4.69, 9.17) is 0 Å². The van der Waals surface area contributed by atoms with Crippen molar-refractivity contribution in [3.63, 3.8) is 0 Å². The Morgan fingerprint density at radius 2 is 1.92 bits per heavy atom. The van der Waals surface area contributed by atoms with E-state index in [1.165, 1.54) is 0 Å². The van der Waals surface area contributed by atoms with E-state index < -0.39 is 6.10 Å². The van der Waals surface area contributed by atoms with Gasteiger partial charge >= 0.3 is 0 Å². The Balaban J connectivity index is 1.90. The lowest BCUT2D eigenvalue weighted by Crippen LogP contribution is -2.49. The van der Waals surface area contributed by atoms with E-state index >= 15 is 0 Å². The quantitative estimate of drug-likeness (QED) is 0.839. The van der Waals surface area contributed by atoms with Crippen LogP contribution in [0.2, 0.25) is 0 Å². The van der Waals surface area contributed by atoms with Gasteiger partial charge in [0.25, 0.3) is 0 Å². The highest BCUT2D eigenvalue weighted by atomic mass is 16.3. The molecule has 1 aromatic carbocycles. The summed E-state index contributed by atoms with van der Waals surface area (Å²) in [6, 6.07) is 8.88. The van der Waals surface area contributed by atoms with Crippen molar-refractivity contribution in [2.45, 2.75) is 58.2 Å². The third-order valence-corrected chi connectivity index (χ3v) is 4.48. The average Bonchev–Trinajstić information content (AvgIpc) is 3.04. The summed E-state index contributed by atoms with van der Waals surface area (Å²) in [7, 11) is 0. The lowest BCUT2D eigenvalue weighted by atomic mass is 10.0. The van der Waals surface area contributed by atoms with E-state index in [-0.39, 0.29) is 29.8 Å². The Morgan fingerprint density at radius 1 is 1.25 bits per heavy atom. The molecule has 24 heavy (non-hydrogen) atoms. The Morgan fingerprint density at radius 3 is 2.54 bits per heavy atom. The number of aliphatic hydroxyl groups is 1. The number of nitrogens with zero attached hydrogens (tertiary/aromatic N) is 1. The molecule has 1 saturated heterocycles. The van der Waals surface area contributed by atoms with Gasteiger partial charge in [-0.05, 0) is 31.7 Å². The Kier molecular flexibility index (Phi) is 6.37. The molecule has 2 rings (SSSR count). The van der Waals surface area contributed by atoms with Gasteiger partial charge in [-0.15, -0.1) is 0 Å². The zero-order valence-corrected chi connectivity index (χ0v) is 14.7. The maximum absolute atomic E-state index is 12.5. The molecule has 1 fully saturated rings. The summed E-state index contributed by atoms with van der Waals surface area (Å²) < 4.78 is 0. The minimum atomic E-state index is -0.613. The smallest absolute Gasteiger partial charge is 0.243 e. The number of amides is 2. The van der Waals surface area contributed by atoms with Crippen molar-refractivity contribution in [1.29, 1.82) is 0 Å². The average molecular weight is 332 g/mol. The van der Waals surface area contributed by atoms with Crippen molar-refractivity contribution in [3.05, 3.63) is 35.9 Å². The molecular weight excluding hydrogens is 304 g/mol. The number of nitrogens with one attached hydrogen (secondary N) is 1. The summed E-state index contributed by atoms with van der Waals surface area (Å²) >= 11 is 0. The van der Waals surface area contributed by atoms with Gasteiger partial charge in [0.1, 0.15) is 6.04 Å².